The van der Waals surface area contributed by atoms with Crippen LogP contribution in [0.4, 0.5) is 15.9 Å². The Kier molecular flexibility index (Phi) is 5.84. The van der Waals surface area contributed by atoms with Crippen molar-refractivity contribution < 1.29 is 22.3 Å². The Bertz CT molecular complexity index is 1250. The first-order valence-electron chi connectivity index (χ1n) is 9.99. The number of carbonyl (C=O) groups excluding carboxylic acids is 1. The molecule has 7 nitrogen and oxygen atoms in total. The van der Waals surface area contributed by atoms with Gasteiger partial charge in [-0.25, -0.2) is 17.8 Å². The van der Waals surface area contributed by atoms with Gasteiger partial charge in [0.15, 0.2) is 21.4 Å². The second kappa shape index (κ2) is 8.58. The van der Waals surface area contributed by atoms with E-state index in [4.69, 9.17) is 4.74 Å². The van der Waals surface area contributed by atoms with Gasteiger partial charge in [-0.3, -0.25) is 4.79 Å². The van der Waals surface area contributed by atoms with Crippen molar-refractivity contribution in [1.29, 1.82) is 0 Å². The molecule has 32 heavy (non-hydrogen) atoms. The molecule has 0 saturated carbocycles. The SMILES string of the molecule is CC(NC(=O)c1cnc2c(c1)OCCN2c1ccc(F)cc1)c1ccc(S(C)(=O)=O)cc1. The van der Waals surface area contributed by atoms with Crippen LogP contribution in [0.3, 0.4) is 0 Å². The van der Waals surface area contributed by atoms with E-state index < -0.39 is 9.84 Å². The summed E-state index contributed by atoms with van der Waals surface area (Å²) in [5.41, 5.74) is 1.89. The van der Waals surface area contributed by atoms with Crippen molar-refractivity contribution in [3.63, 3.8) is 0 Å². The van der Waals surface area contributed by atoms with Crippen LogP contribution in [0.15, 0.2) is 65.7 Å². The molecule has 2 aromatic carbocycles. The average Bonchev–Trinajstić information content (AvgIpc) is 2.78. The van der Waals surface area contributed by atoms with E-state index in [0.717, 1.165) is 17.5 Å². The van der Waals surface area contributed by atoms with E-state index in [1.165, 1.54) is 30.5 Å². The van der Waals surface area contributed by atoms with Crippen LogP contribution >= 0.6 is 0 Å². The van der Waals surface area contributed by atoms with E-state index in [-0.39, 0.29) is 22.7 Å². The highest BCUT2D eigenvalue weighted by Gasteiger charge is 2.23. The molecule has 9 heteroatoms. The summed E-state index contributed by atoms with van der Waals surface area (Å²) >= 11 is 0. The fourth-order valence-electron chi connectivity index (χ4n) is 3.46. The molecular weight excluding hydrogens is 433 g/mol. The van der Waals surface area contributed by atoms with Gasteiger partial charge in [-0.2, -0.15) is 0 Å². The number of hydrogen-bond acceptors (Lipinski definition) is 6. The lowest BCUT2D eigenvalue weighted by Gasteiger charge is -2.30. The lowest BCUT2D eigenvalue weighted by Crippen LogP contribution is -2.31. The molecule has 1 aromatic heterocycles. The number of ether oxygens (including phenoxy) is 1. The smallest absolute Gasteiger partial charge is 0.253 e. The molecule has 0 radical (unpaired) electrons. The lowest BCUT2D eigenvalue weighted by atomic mass is 10.1. The van der Waals surface area contributed by atoms with Gasteiger partial charge >= 0.3 is 0 Å². The van der Waals surface area contributed by atoms with Gasteiger partial charge in [-0.05, 0) is 55.0 Å². The molecule has 166 valence electrons. The summed E-state index contributed by atoms with van der Waals surface area (Å²) in [6.07, 6.45) is 2.62. The first-order valence-corrected chi connectivity index (χ1v) is 11.9. The average molecular weight is 456 g/mol. The number of halogens is 1. The highest BCUT2D eigenvalue weighted by Crippen LogP contribution is 2.35. The molecule has 1 aliphatic rings. The summed E-state index contributed by atoms with van der Waals surface area (Å²) in [5, 5.41) is 2.89. The fraction of sp³-hybridized carbons (Fsp3) is 0.217. The van der Waals surface area contributed by atoms with Gasteiger partial charge in [-0.1, -0.05) is 12.1 Å². The van der Waals surface area contributed by atoms with Crippen LogP contribution in [0.2, 0.25) is 0 Å². The van der Waals surface area contributed by atoms with E-state index in [9.17, 15) is 17.6 Å². The Labute approximate surface area is 185 Å². The first-order chi connectivity index (χ1) is 15.2. The van der Waals surface area contributed by atoms with Crippen molar-refractivity contribution in [2.75, 3.05) is 24.3 Å². The Hall–Kier alpha value is -3.46. The number of benzene rings is 2. The second-order valence-electron chi connectivity index (χ2n) is 7.56. The Balaban J connectivity index is 1.51. The molecule has 2 heterocycles. The number of hydrogen-bond donors (Lipinski definition) is 1. The summed E-state index contributed by atoms with van der Waals surface area (Å²) in [4.78, 5) is 19.3. The molecule has 1 amide bonds. The molecule has 1 aliphatic heterocycles. The summed E-state index contributed by atoms with van der Waals surface area (Å²) in [7, 11) is -3.28. The number of nitrogens with zero attached hydrogens (tertiary/aromatic N) is 2. The van der Waals surface area contributed by atoms with Crippen molar-refractivity contribution >= 4 is 27.2 Å². The van der Waals surface area contributed by atoms with Crippen LogP contribution < -0.4 is 15.0 Å². The van der Waals surface area contributed by atoms with Gasteiger partial charge in [0.05, 0.1) is 23.0 Å². The molecule has 1 unspecified atom stereocenters. The number of amides is 1. The number of anilines is 2. The fourth-order valence-corrected chi connectivity index (χ4v) is 4.09. The van der Waals surface area contributed by atoms with Crippen molar-refractivity contribution in [3.05, 3.63) is 77.7 Å². The first kappa shape index (κ1) is 21.8. The molecule has 4 rings (SSSR count). The molecule has 3 aromatic rings. The number of carbonyl (C=O) groups is 1. The van der Waals surface area contributed by atoms with Crippen molar-refractivity contribution in [1.82, 2.24) is 10.3 Å². The molecule has 0 saturated heterocycles. The van der Waals surface area contributed by atoms with E-state index in [1.54, 1.807) is 30.3 Å². The van der Waals surface area contributed by atoms with Crippen LogP contribution in [0, 0.1) is 5.82 Å². The Morgan fingerprint density at radius 3 is 2.50 bits per heavy atom. The minimum Gasteiger partial charge on any atom is -0.488 e. The summed E-state index contributed by atoms with van der Waals surface area (Å²) in [5.74, 6) is 0.381. The molecule has 0 aliphatic carbocycles. The quantitative estimate of drug-likeness (QED) is 0.632. The van der Waals surface area contributed by atoms with Gasteiger partial charge < -0.3 is 15.0 Å². The maximum atomic E-state index is 13.3. The Morgan fingerprint density at radius 2 is 1.84 bits per heavy atom. The number of sulfone groups is 1. The third-order valence-corrected chi connectivity index (χ3v) is 6.35. The number of nitrogens with one attached hydrogen (secondary N) is 1. The van der Waals surface area contributed by atoms with Gasteiger partial charge in [-0.15, -0.1) is 0 Å². The minimum absolute atomic E-state index is 0.224. The van der Waals surface area contributed by atoms with Crippen LogP contribution in [0.5, 0.6) is 5.75 Å². The number of pyridine rings is 1. The van der Waals surface area contributed by atoms with Crippen LogP contribution in [0.1, 0.15) is 28.9 Å². The molecular formula is C23H22FN3O4S. The second-order valence-corrected chi connectivity index (χ2v) is 9.57. The van der Waals surface area contributed by atoms with E-state index in [1.807, 2.05) is 11.8 Å². The molecule has 1 N–H and O–H groups in total. The predicted octanol–water partition coefficient (Wildman–Crippen LogP) is 3.65. The molecule has 0 bridgehead atoms. The lowest BCUT2D eigenvalue weighted by molar-refractivity contribution is 0.0939. The van der Waals surface area contributed by atoms with Crippen molar-refractivity contribution in [3.8, 4) is 5.75 Å². The van der Waals surface area contributed by atoms with Gasteiger partial charge in [0.1, 0.15) is 12.4 Å². The summed E-state index contributed by atoms with van der Waals surface area (Å²) in [6, 6.07) is 13.8. The zero-order valence-electron chi connectivity index (χ0n) is 17.6. The summed E-state index contributed by atoms with van der Waals surface area (Å²) in [6.45, 7) is 2.77. The van der Waals surface area contributed by atoms with E-state index >= 15 is 0 Å². The maximum Gasteiger partial charge on any atom is 0.253 e. The molecule has 1 atom stereocenters. The van der Waals surface area contributed by atoms with Gasteiger partial charge in [0.2, 0.25) is 0 Å². The maximum absolute atomic E-state index is 13.3. The molecule has 0 spiro atoms. The highest BCUT2D eigenvalue weighted by atomic mass is 32.2. The van der Waals surface area contributed by atoms with Crippen molar-refractivity contribution in [2.24, 2.45) is 0 Å². The van der Waals surface area contributed by atoms with Crippen LogP contribution in [0.25, 0.3) is 0 Å². The monoisotopic (exact) mass is 455 g/mol. The zero-order valence-corrected chi connectivity index (χ0v) is 18.4. The predicted molar refractivity (Wildman–Crippen MR) is 119 cm³/mol. The molecule has 0 fully saturated rings. The number of fused-ring (bicyclic) bond motifs is 1. The normalized spacial score (nSPS) is 14.3. The third kappa shape index (κ3) is 4.57. The van der Waals surface area contributed by atoms with E-state index in [2.05, 4.69) is 10.3 Å². The highest BCUT2D eigenvalue weighted by molar-refractivity contribution is 7.90. The Morgan fingerprint density at radius 1 is 1.16 bits per heavy atom. The van der Waals surface area contributed by atoms with Crippen molar-refractivity contribution in [2.45, 2.75) is 17.9 Å². The number of aromatic nitrogens is 1. The largest absolute Gasteiger partial charge is 0.488 e. The summed E-state index contributed by atoms with van der Waals surface area (Å²) < 4.78 is 42.2. The topological polar surface area (TPSA) is 88.6 Å². The third-order valence-electron chi connectivity index (χ3n) is 5.22. The van der Waals surface area contributed by atoms with Gasteiger partial charge in [0.25, 0.3) is 5.91 Å². The van der Waals surface area contributed by atoms with E-state index in [0.29, 0.717) is 30.3 Å². The zero-order chi connectivity index (χ0) is 22.9. The minimum atomic E-state index is -3.28. The number of rotatable bonds is 5. The van der Waals surface area contributed by atoms with Crippen LogP contribution in [-0.4, -0.2) is 38.7 Å². The van der Waals surface area contributed by atoms with Gasteiger partial charge in [0, 0.05) is 18.1 Å². The standard InChI is InChI=1S/C23H22FN3O4S/c1-15(16-3-9-20(10-4-16)32(2,29)30)26-23(28)17-13-21-22(25-14-17)27(11-12-31-21)19-7-5-18(24)6-8-19/h3-10,13-15H,11-12H2,1-2H3,(H,26,28). The van der Waals surface area contributed by atoms with Crippen LogP contribution in [-0.2, 0) is 9.84 Å².